The Morgan fingerprint density at radius 1 is 1.17 bits per heavy atom. The van der Waals surface area contributed by atoms with Crippen molar-refractivity contribution in [1.82, 2.24) is 0 Å². The highest BCUT2D eigenvalue weighted by Crippen LogP contribution is 2.32. The van der Waals surface area contributed by atoms with Crippen molar-refractivity contribution in [3.63, 3.8) is 0 Å². The van der Waals surface area contributed by atoms with Crippen molar-refractivity contribution in [3.05, 3.63) is 59.7 Å². The van der Waals surface area contributed by atoms with E-state index in [1.54, 1.807) is 18.2 Å². The van der Waals surface area contributed by atoms with Crippen LogP contribution in [0.2, 0.25) is 0 Å². The van der Waals surface area contributed by atoms with Gasteiger partial charge in [0.2, 0.25) is 6.79 Å². The summed E-state index contributed by atoms with van der Waals surface area (Å²) in [6.07, 6.45) is 3.32. The summed E-state index contributed by atoms with van der Waals surface area (Å²) in [4.78, 5) is 12.5. The topological polar surface area (TPSA) is 44.8 Å². The van der Waals surface area contributed by atoms with Gasteiger partial charge >= 0.3 is 0 Å². The van der Waals surface area contributed by atoms with Gasteiger partial charge in [-0.2, -0.15) is 0 Å². The first-order chi connectivity index (χ1) is 11.6. The number of allylic oxidation sites excluding steroid dienone is 1. The lowest BCUT2D eigenvalue weighted by molar-refractivity contribution is 0.104. The van der Waals surface area contributed by atoms with Crippen LogP contribution in [0.3, 0.4) is 0 Å². The quantitative estimate of drug-likeness (QED) is 0.585. The second kappa shape index (κ2) is 7.21. The molecule has 0 saturated heterocycles. The van der Waals surface area contributed by atoms with Gasteiger partial charge in [-0.3, -0.25) is 4.79 Å². The molecule has 0 radical (unpaired) electrons. The number of hydrogen-bond acceptors (Lipinski definition) is 4. The minimum absolute atomic E-state index is 0.0907. The van der Waals surface area contributed by atoms with Crippen LogP contribution in [0.15, 0.2) is 48.5 Å². The lowest BCUT2D eigenvalue weighted by atomic mass is 10.1. The molecule has 2 aromatic rings. The van der Waals surface area contributed by atoms with Crippen LogP contribution in [0, 0.1) is 5.92 Å². The van der Waals surface area contributed by atoms with Gasteiger partial charge in [0.15, 0.2) is 17.3 Å². The van der Waals surface area contributed by atoms with Crippen LogP contribution >= 0.6 is 0 Å². The third-order valence-electron chi connectivity index (χ3n) is 3.55. The summed E-state index contributed by atoms with van der Waals surface area (Å²) < 4.78 is 16.4. The number of carbonyl (C=O) groups is 1. The number of hydrogen-bond donors (Lipinski definition) is 0. The molecule has 124 valence electrons. The third-order valence-corrected chi connectivity index (χ3v) is 3.55. The standard InChI is InChI=1S/C20H20O4/c1-14(2)12-22-18-6-4-3-5-16(18)17(21)9-7-15-8-10-19-20(11-15)24-13-23-19/h3-11,14H,12-13H2,1-2H3/b9-7+. The molecule has 0 atom stereocenters. The van der Waals surface area contributed by atoms with Crippen LogP contribution in [0.4, 0.5) is 0 Å². The average Bonchev–Trinajstić information content (AvgIpc) is 3.05. The van der Waals surface area contributed by atoms with E-state index in [-0.39, 0.29) is 12.6 Å². The van der Waals surface area contributed by atoms with E-state index < -0.39 is 0 Å². The fourth-order valence-corrected chi connectivity index (χ4v) is 2.33. The van der Waals surface area contributed by atoms with Gasteiger partial charge in [0, 0.05) is 0 Å². The van der Waals surface area contributed by atoms with Gasteiger partial charge in [-0.15, -0.1) is 0 Å². The number of para-hydroxylation sites is 1. The average molecular weight is 324 g/mol. The molecular formula is C20H20O4. The summed E-state index contributed by atoms with van der Waals surface area (Å²) in [5.41, 5.74) is 1.45. The van der Waals surface area contributed by atoms with Crippen LogP contribution in [0.1, 0.15) is 29.8 Å². The van der Waals surface area contributed by atoms with Crippen molar-refractivity contribution < 1.29 is 19.0 Å². The molecule has 1 aliphatic heterocycles. The molecule has 1 heterocycles. The molecule has 0 bridgehead atoms. The van der Waals surface area contributed by atoms with Gasteiger partial charge < -0.3 is 14.2 Å². The predicted octanol–water partition coefficient (Wildman–Crippen LogP) is 4.35. The third kappa shape index (κ3) is 3.77. The van der Waals surface area contributed by atoms with Crippen LogP contribution in [0.25, 0.3) is 6.08 Å². The highest BCUT2D eigenvalue weighted by Gasteiger charge is 2.13. The summed E-state index contributed by atoms with van der Waals surface area (Å²) in [7, 11) is 0. The van der Waals surface area contributed by atoms with Crippen molar-refractivity contribution in [3.8, 4) is 17.2 Å². The SMILES string of the molecule is CC(C)COc1ccccc1C(=O)/C=C/c1ccc2c(c1)OCO2. The molecule has 24 heavy (non-hydrogen) atoms. The van der Waals surface area contributed by atoms with Crippen LogP contribution in [0.5, 0.6) is 17.2 Å². The first-order valence-corrected chi connectivity index (χ1v) is 7.97. The van der Waals surface area contributed by atoms with E-state index in [1.807, 2.05) is 36.4 Å². The number of fused-ring (bicyclic) bond motifs is 1. The van der Waals surface area contributed by atoms with Crippen molar-refractivity contribution in [2.24, 2.45) is 5.92 Å². The molecule has 0 fully saturated rings. The highest BCUT2D eigenvalue weighted by atomic mass is 16.7. The second-order valence-corrected chi connectivity index (χ2v) is 6.01. The molecule has 0 aliphatic carbocycles. The molecule has 4 heteroatoms. The minimum Gasteiger partial charge on any atom is -0.493 e. The highest BCUT2D eigenvalue weighted by molar-refractivity contribution is 6.08. The lowest BCUT2D eigenvalue weighted by Crippen LogP contribution is -2.07. The maximum atomic E-state index is 12.5. The number of rotatable bonds is 6. The van der Waals surface area contributed by atoms with E-state index in [4.69, 9.17) is 14.2 Å². The van der Waals surface area contributed by atoms with Gasteiger partial charge in [0.05, 0.1) is 12.2 Å². The minimum atomic E-state index is -0.0907. The Hall–Kier alpha value is -2.75. The Morgan fingerprint density at radius 3 is 2.79 bits per heavy atom. The van der Waals surface area contributed by atoms with Gasteiger partial charge in [-0.25, -0.2) is 0 Å². The van der Waals surface area contributed by atoms with Gasteiger partial charge in [0.1, 0.15) is 5.75 Å². The van der Waals surface area contributed by atoms with E-state index in [1.165, 1.54) is 0 Å². The number of ketones is 1. The fourth-order valence-electron chi connectivity index (χ4n) is 2.33. The van der Waals surface area contributed by atoms with Crippen LogP contribution in [-0.2, 0) is 0 Å². The van der Waals surface area contributed by atoms with E-state index >= 15 is 0 Å². The maximum absolute atomic E-state index is 12.5. The molecule has 0 unspecified atom stereocenters. The van der Waals surface area contributed by atoms with E-state index in [0.717, 1.165) is 11.3 Å². The van der Waals surface area contributed by atoms with Gasteiger partial charge in [-0.1, -0.05) is 38.1 Å². The zero-order chi connectivity index (χ0) is 16.9. The first kappa shape index (κ1) is 16.1. The molecule has 3 rings (SSSR count). The van der Waals surface area contributed by atoms with Crippen molar-refractivity contribution >= 4 is 11.9 Å². The zero-order valence-corrected chi connectivity index (χ0v) is 13.8. The first-order valence-electron chi connectivity index (χ1n) is 7.97. The summed E-state index contributed by atoms with van der Waals surface area (Å²) in [5.74, 6) is 2.35. The molecule has 0 amide bonds. The monoisotopic (exact) mass is 324 g/mol. The maximum Gasteiger partial charge on any atom is 0.231 e. The van der Waals surface area contributed by atoms with Crippen molar-refractivity contribution in [2.75, 3.05) is 13.4 Å². The summed E-state index contributed by atoms with van der Waals surface area (Å²) in [6, 6.07) is 12.9. The second-order valence-electron chi connectivity index (χ2n) is 6.01. The Bertz CT molecular complexity index is 762. The Balaban J connectivity index is 1.75. The number of carbonyl (C=O) groups excluding carboxylic acids is 1. The Morgan fingerprint density at radius 2 is 1.96 bits per heavy atom. The molecule has 0 saturated carbocycles. The molecule has 0 spiro atoms. The molecule has 4 nitrogen and oxygen atoms in total. The molecule has 0 N–H and O–H groups in total. The Kier molecular flexibility index (Phi) is 4.85. The fraction of sp³-hybridized carbons (Fsp3) is 0.250. The number of ether oxygens (including phenoxy) is 3. The zero-order valence-electron chi connectivity index (χ0n) is 13.8. The Labute approximate surface area is 141 Å². The molecule has 0 aromatic heterocycles. The largest absolute Gasteiger partial charge is 0.493 e. The van der Waals surface area contributed by atoms with Crippen molar-refractivity contribution in [1.29, 1.82) is 0 Å². The summed E-state index contributed by atoms with van der Waals surface area (Å²) in [6.45, 7) is 4.96. The predicted molar refractivity (Wildman–Crippen MR) is 92.7 cm³/mol. The summed E-state index contributed by atoms with van der Waals surface area (Å²) >= 11 is 0. The van der Waals surface area contributed by atoms with Gasteiger partial charge in [-0.05, 0) is 41.8 Å². The van der Waals surface area contributed by atoms with E-state index in [2.05, 4.69) is 13.8 Å². The van der Waals surface area contributed by atoms with E-state index in [9.17, 15) is 4.79 Å². The molecule has 2 aromatic carbocycles. The normalized spacial score (nSPS) is 12.8. The van der Waals surface area contributed by atoms with E-state index in [0.29, 0.717) is 29.6 Å². The van der Waals surface area contributed by atoms with Crippen molar-refractivity contribution in [2.45, 2.75) is 13.8 Å². The van der Waals surface area contributed by atoms with Crippen LogP contribution < -0.4 is 14.2 Å². The number of benzene rings is 2. The van der Waals surface area contributed by atoms with Gasteiger partial charge in [0.25, 0.3) is 0 Å². The smallest absolute Gasteiger partial charge is 0.231 e. The summed E-state index contributed by atoms with van der Waals surface area (Å²) in [5, 5.41) is 0. The molecular weight excluding hydrogens is 304 g/mol. The van der Waals surface area contributed by atoms with Crippen LogP contribution in [-0.4, -0.2) is 19.2 Å². The molecule has 1 aliphatic rings. The lowest BCUT2D eigenvalue weighted by Gasteiger charge is -2.11.